The molecule has 0 aromatic rings. The molecule has 3 unspecified atom stereocenters. The minimum absolute atomic E-state index is 0.0344. The summed E-state index contributed by atoms with van der Waals surface area (Å²) in [5.41, 5.74) is 0. The van der Waals surface area contributed by atoms with Gasteiger partial charge in [0, 0.05) is 13.0 Å². The number of carbonyl (C=O) groups excluding carboxylic acids is 1. The van der Waals surface area contributed by atoms with Gasteiger partial charge in [-0.3, -0.25) is 4.79 Å². The van der Waals surface area contributed by atoms with Gasteiger partial charge in [0.15, 0.2) is 0 Å². The summed E-state index contributed by atoms with van der Waals surface area (Å²) < 4.78 is 9.49. The Bertz CT molecular complexity index is 170. The first-order valence-corrected chi connectivity index (χ1v) is 4.77. The first kappa shape index (κ1) is 13.4. The second-order valence-electron chi connectivity index (χ2n) is 3.66. The van der Waals surface area contributed by atoms with Crippen molar-refractivity contribution < 1.29 is 19.4 Å². The molecule has 4 heteroatoms. The number of aliphatic hydroxyl groups is 1. The maximum Gasteiger partial charge on any atom is 0.308 e. The lowest BCUT2D eigenvalue weighted by atomic mass is 9.95. The summed E-state index contributed by atoms with van der Waals surface area (Å²) in [5.74, 6) is -0.518. The van der Waals surface area contributed by atoms with Gasteiger partial charge in [0.2, 0.25) is 0 Å². The van der Waals surface area contributed by atoms with E-state index in [-0.39, 0.29) is 17.8 Å². The van der Waals surface area contributed by atoms with E-state index in [4.69, 9.17) is 4.74 Å². The van der Waals surface area contributed by atoms with Gasteiger partial charge in [0.25, 0.3) is 0 Å². The third kappa shape index (κ3) is 4.58. The van der Waals surface area contributed by atoms with E-state index >= 15 is 0 Å². The largest absolute Gasteiger partial charge is 0.469 e. The Hall–Kier alpha value is -0.610. The number of aliphatic hydroxyl groups excluding tert-OH is 1. The maximum atomic E-state index is 11.1. The van der Waals surface area contributed by atoms with E-state index in [0.717, 1.165) is 0 Å². The van der Waals surface area contributed by atoms with Gasteiger partial charge in [-0.1, -0.05) is 13.8 Å². The monoisotopic (exact) mass is 204 g/mol. The zero-order valence-corrected chi connectivity index (χ0v) is 9.32. The summed E-state index contributed by atoms with van der Waals surface area (Å²) in [6.45, 7) is 4.13. The van der Waals surface area contributed by atoms with Crippen LogP contribution in [0.3, 0.4) is 0 Å². The SMILES string of the molecule is COCC(C)C(O)CC(C)C(=O)OC. The predicted octanol–water partition coefficient (Wildman–Crippen LogP) is 0.829. The molecule has 0 aliphatic carbocycles. The van der Waals surface area contributed by atoms with Crippen LogP contribution < -0.4 is 0 Å². The number of hydrogen-bond donors (Lipinski definition) is 1. The molecule has 0 saturated heterocycles. The molecule has 4 nitrogen and oxygen atoms in total. The highest BCUT2D eigenvalue weighted by Crippen LogP contribution is 2.14. The molecule has 3 atom stereocenters. The molecular weight excluding hydrogens is 184 g/mol. The van der Waals surface area contributed by atoms with E-state index in [1.165, 1.54) is 7.11 Å². The number of rotatable bonds is 6. The van der Waals surface area contributed by atoms with Crippen molar-refractivity contribution >= 4 is 5.97 Å². The van der Waals surface area contributed by atoms with Gasteiger partial charge >= 0.3 is 5.97 Å². The highest BCUT2D eigenvalue weighted by atomic mass is 16.5. The van der Waals surface area contributed by atoms with Gasteiger partial charge < -0.3 is 14.6 Å². The van der Waals surface area contributed by atoms with E-state index in [1.54, 1.807) is 14.0 Å². The van der Waals surface area contributed by atoms with Gasteiger partial charge in [-0.25, -0.2) is 0 Å². The minimum atomic E-state index is -0.524. The summed E-state index contributed by atoms with van der Waals surface area (Å²) in [5, 5.41) is 9.68. The average Bonchev–Trinajstić information content (AvgIpc) is 2.16. The van der Waals surface area contributed by atoms with Crippen molar-refractivity contribution in [3.63, 3.8) is 0 Å². The molecule has 0 amide bonds. The third-order valence-corrected chi connectivity index (χ3v) is 2.29. The fourth-order valence-electron chi connectivity index (χ4n) is 1.27. The quantitative estimate of drug-likeness (QED) is 0.651. The average molecular weight is 204 g/mol. The van der Waals surface area contributed by atoms with E-state index in [0.29, 0.717) is 13.0 Å². The summed E-state index contributed by atoms with van der Waals surface area (Å²) in [6.07, 6.45) is -0.110. The van der Waals surface area contributed by atoms with Crippen molar-refractivity contribution in [1.82, 2.24) is 0 Å². The van der Waals surface area contributed by atoms with Crippen LogP contribution in [0.2, 0.25) is 0 Å². The van der Waals surface area contributed by atoms with Crippen LogP contribution in [0, 0.1) is 11.8 Å². The Kier molecular flexibility index (Phi) is 6.49. The molecule has 0 saturated carbocycles. The summed E-state index contributed by atoms with van der Waals surface area (Å²) >= 11 is 0. The Balaban J connectivity index is 3.91. The second kappa shape index (κ2) is 6.79. The molecule has 0 rings (SSSR count). The van der Waals surface area contributed by atoms with Gasteiger partial charge in [-0.2, -0.15) is 0 Å². The molecule has 0 spiro atoms. The first-order chi connectivity index (χ1) is 6.52. The number of hydrogen-bond acceptors (Lipinski definition) is 4. The lowest BCUT2D eigenvalue weighted by molar-refractivity contribution is -0.146. The lowest BCUT2D eigenvalue weighted by Crippen LogP contribution is -2.27. The van der Waals surface area contributed by atoms with Crippen LogP contribution in [-0.4, -0.2) is 38.0 Å². The molecular formula is C10H20O4. The second-order valence-corrected chi connectivity index (χ2v) is 3.66. The van der Waals surface area contributed by atoms with E-state index in [1.807, 2.05) is 6.92 Å². The van der Waals surface area contributed by atoms with Crippen LogP contribution >= 0.6 is 0 Å². The van der Waals surface area contributed by atoms with Crippen LogP contribution in [0.15, 0.2) is 0 Å². The Morgan fingerprint density at radius 2 is 1.93 bits per heavy atom. The third-order valence-electron chi connectivity index (χ3n) is 2.29. The number of ether oxygens (including phenoxy) is 2. The van der Waals surface area contributed by atoms with Crippen LogP contribution in [-0.2, 0) is 14.3 Å². The molecule has 0 aliphatic heterocycles. The van der Waals surface area contributed by atoms with Crippen LogP contribution in [0.5, 0.6) is 0 Å². The van der Waals surface area contributed by atoms with E-state index in [9.17, 15) is 9.90 Å². The fourth-order valence-corrected chi connectivity index (χ4v) is 1.27. The van der Waals surface area contributed by atoms with Crippen molar-refractivity contribution in [3.8, 4) is 0 Å². The zero-order valence-electron chi connectivity index (χ0n) is 9.32. The summed E-state index contributed by atoms with van der Waals surface area (Å²) in [6, 6.07) is 0. The molecule has 84 valence electrons. The van der Waals surface area contributed by atoms with E-state index in [2.05, 4.69) is 4.74 Å². The standard InChI is InChI=1S/C10H20O4/c1-7(10(12)14-4)5-9(11)8(2)6-13-3/h7-9,11H,5-6H2,1-4H3. The van der Waals surface area contributed by atoms with Crippen molar-refractivity contribution in [2.24, 2.45) is 11.8 Å². The number of esters is 1. The van der Waals surface area contributed by atoms with Crippen LogP contribution in [0.4, 0.5) is 0 Å². The number of methoxy groups -OCH3 is 2. The van der Waals surface area contributed by atoms with Crippen molar-refractivity contribution in [1.29, 1.82) is 0 Å². The van der Waals surface area contributed by atoms with Crippen LogP contribution in [0.1, 0.15) is 20.3 Å². The van der Waals surface area contributed by atoms with Crippen molar-refractivity contribution in [2.45, 2.75) is 26.4 Å². The Morgan fingerprint density at radius 3 is 2.36 bits per heavy atom. The van der Waals surface area contributed by atoms with Crippen LogP contribution in [0.25, 0.3) is 0 Å². The zero-order chi connectivity index (χ0) is 11.1. The molecule has 0 bridgehead atoms. The highest BCUT2D eigenvalue weighted by molar-refractivity contribution is 5.71. The minimum Gasteiger partial charge on any atom is -0.469 e. The molecule has 0 heterocycles. The molecule has 0 aromatic heterocycles. The Morgan fingerprint density at radius 1 is 1.36 bits per heavy atom. The molecule has 1 N–H and O–H groups in total. The molecule has 0 radical (unpaired) electrons. The van der Waals surface area contributed by atoms with Gasteiger partial charge in [0.1, 0.15) is 0 Å². The smallest absolute Gasteiger partial charge is 0.308 e. The lowest BCUT2D eigenvalue weighted by Gasteiger charge is -2.20. The summed E-state index contributed by atoms with van der Waals surface area (Å²) in [4.78, 5) is 11.1. The van der Waals surface area contributed by atoms with E-state index < -0.39 is 6.10 Å². The predicted molar refractivity (Wildman–Crippen MR) is 52.8 cm³/mol. The van der Waals surface area contributed by atoms with Crippen molar-refractivity contribution in [2.75, 3.05) is 20.8 Å². The Labute approximate surface area is 85.2 Å². The maximum absolute atomic E-state index is 11.1. The molecule has 0 aromatic carbocycles. The van der Waals surface area contributed by atoms with Gasteiger partial charge in [-0.15, -0.1) is 0 Å². The fraction of sp³-hybridized carbons (Fsp3) is 0.900. The van der Waals surface area contributed by atoms with Crippen molar-refractivity contribution in [3.05, 3.63) is 0 Å². The molecule has 0 fully saturated rings. The van der Waals surface area contributed by atoms with Gasteiger partial charge in [-0.05, 0) is 6.42 Å². The summed E-state index contributed by atoms with van der Waals surface area (Å²) in [7, 11) is 2.94. The topological polar surface area (TPSA) is 55.8 Å². The highest BCUT2D eigenvalue weighted by Gasteiger charge is 2.21. The van der Waals surface area contributed by atoms with Gasteiger partial charge in [0.05, 0.1) is 25.7 Å². The molecule has 0 aliphatic rings. The molecule has 14 heavy (non-hydrogen) atoms. The number of carbonyl (C=O) groups is 1. The normalized spacial score (nSPS) is 17.2. The first-order valence-electron chi connectivity index (χ1n) is 4.77.